The first-order valence-corrected chi connectivity index (χ1v) is 7.01. The molecule has 0 radical (unpaired) electrons. The van der Waals surface area contributed by atoms with Gasteiger partial charge in [-0.3, -0.25) is 0 Å². The molecule has 0 bridgehead atoms. The van der Waals surface area contributed by atoms with E-state index in [9.17, 15) is 9.59 Å². The van der Waals surface area contributed by atoms with Gasteiger partial charge in [-0.2, -0.15) is 11.8 Å². The number of thioether (sulfide) groups is 1. The summed E-state index contributed by atoms with van der Waals surface area (Å²) in [4.78, 5) is 22.4. The maximum Gasteiger partial charge on any atom is 0.326 e. The number of nitrogens with one attached hydrogen (secondary N) is 2. The molecule has 1 rings (SSSR count). The molecule has 5 nitrogen and oxygen atoms in total. The van der Waals surface area contributed by atoms with Crippen molar-refractivity contribution in [2.45, 2.75) is 26.3 Å². The molecule has 1 aliphatic heterocycles. The van der Waals surface area contributed by atoms with E-state index in [0.717, 1.165) is 17.9 Å². The average molecular weight is 260 g/mol. The molecule has 2 atom stereocenters. The molecular formula is C11H20N2O3S. The van der Waals surface area contributed by atoms with Gasteiger partial charge in [0.1, 0.15) is 6.04 Å². The van der Waals surface area contributed by atoms with E-state index in [1.54, 1.807) is 13.8 Å². The van der Waals surface area contributed by atoms with Crippen LogP contribution in [0.4, 0.5) is 4.79 Å². The molecule has 1 heterocycles. The first-order chi connectivity index (χ1) is 8.00. The predicted octanol–water partition coefficient (Wildman–Crippen LogP) is 1.15. The standard InChI is InChI=1S/C11H20N2O3S/c1-7(2)9(10(14)15)13-11(16)12-5-8-3-4-17-6-8/h7-9H,3-6H2,1-2H3,(H,14,15)(H2,12,13,16). The molecule has 6 heteroatoms. The van der Waals surface area contributed by atoms with E-state index in [2.05, 4.69) is 10.6 Å². The largest absolute Gasteiger partial charge is 0.480 e. The van der Waals surface area contributed by atoms with Crippen LogP contribution in [0.25, 0.3) is 0 Å². The highest BCUT2D eigenvalue weighted by atomic mass is 32.2. The monoisotopic (exact) mass is 260 g/mol. The average Bonchev–Trinajstić information content (AvgIpc) is 2.74. The molecule has 0 aromatic heterocycles. The highest BCUT2D eigenvalue weighted by molar-refractivity contribution is 7.99. The van der Waals surface area contributed by atoms with Crippen molar-refractivity contribution in [1.82, 2.24) is 10.6 Å². The molecule has 98 valence electrons. The summed E-state index contributed by atoms with van der Waals surface area (Å²) in [5.74, 6) is 1.63. The third-order valence-electron chi connectivity index (χ3n) is 2.79. The van der Waals surface area contributed by atoms with Crippen LogP contribution in [-0.4, -0.2) is 41.2 Å². The quantitative estimate of drug-likeness (QED) is 0.693. The van der Waals surface area contributed by atoms with Crippen LogP contribution in [0.5, 0.6) is 0 Å². The van der Waals surface area contributed by atoms with E-state index in [1.165, 1.54) is 0 Å². The van der Waals surface area contributed by atoms with Gasteiger partial charge < -0.3 is 15.7 Å². The van der Waals surface area contributed by atoms with E-state index >= 15 is 0 Å². The van der Waals surface area contributed by atoms with Crippen molar-refractivity contribution in [3.8, 4) is 0 Å². The Morgan fingerprint density at radius 2 is 2.18 bits per heavy atom. The van der Waals surface area contributed by atoms with Crippen molar-refractivity contribution in [2.24, 2.45) is 11.8 Å². The lowest BCUT2D eigenvalue weighted by molar-refractivity contribution is -0.140. The maximum atomic E-state index is 11.5. The van der Waals surface area contributed by atoms with Crippen LogP contribution in [0.1, 0.15) is 20.3 Å². The molecular weight excluding hydrogens is 240 g/mol. The first kappa shape index (κ1) is 14.2. The van der Waals surface area contributed by atoms with Gasteiger partial charge >= 0.3 is 12.0 Å². The Bertz CT molecular complexity index is 278. The lowest BCUT2D eigenvalue weighted by Crippen LogP contribution is -2.49. The van der Waals surface area contributed by atoms with Gasteiger partial charge in [0.25, 0.3) is 0 Å². The Morgan fingerprint density at radius 1 is 1.47 bits per heavy atom. The summed E-state index contributed by atoms with van der Waals surface area (Å²) in [5.41, 5.74) is 0. The van der Waals surface area contributed by atoms with Gasteiger partial charge in [0.2, 0.25) is 0 Å². The molecule has 1 fully saturated rings. The van der Waals surface area contributed by atoms with Crippen molar-refractivity contribution in [3.05, 3.63) is 0 Å². The lowest BCUT2D eigenvalue weighted by Gasteiger charge is -2.19. The third kappa shape index (κ3) is 4.85. The fourth-order valence-corrected chi connectivity index (χ4v) is 2.97. The zero-order chi connectivity index (χ0) is 12.8. The normalized spacial score (nSPS) is 21.2. The second kappa shape index (κ2) is 6.74. The van der Waals surface area contributed by atoms with Crippen molar-refractivity contribution in [1.29, 1.82) is 0 Å². The summed E-state index contributed by atoms with van der Waals surface area (Å²) in [7, 11) is 0. The summed E-state index contributed by atoms with van der Waals surface area (Å²) in [6.07, 6.45) is 1.12. The van der Waals surface area contributed by atoms with Crippen LogP contribution in [-0.2, 0) is 4.79 Å². The first-order valence-electron chi connectivity index (χ1n) is 5.85. The van der Waals surface area contributed by atoms with Crippen LogP contribution >= 0.6 is 11.8 Å². The van der Waals surface area contributed by atoms with Crippen molar-refractivity contribution < 1.29 is 14.7 Å². The van der Waals surface area contributed by atoms with Crippen molar-refractivity contribution in [3.63, 3.8) is 0 Å². The molecule has 0 spiro atoms. The number of hydrogen-bond donors (Lipinski definition) is 3. The molecule has 1 saturated heterocycles. The SMILES string of the molecule is CC(C)C(NC(=O)NCC1CCSC1)C(=O)O. The molecule has 1 aliphatic rings. The topological polar surface area (TPSA) is 78.4 Å². The summed E-state index contributed by atoms with van der Waals surface area (Å²) in [6, 6.07) is -1.21. The van der Waals surface area contributed by atoms with E-state index in [4.69, 9.17) is 5.11 Å². The highest BCUT2D eigenvalue weighted by Crippen LogP contribution is 2.22. The summed E-state index contributed by atoms with van der Waals surface area (Å²) in [6.45, 7) is 4.17. The molecule has 2 unspecified atom stereocenters. The van der Waals surface area contributed by atoms with Crippen LogP contribution in [0.3, 0.4) is 0 Å². The minimum atomic E-state index is -0.994. The van der Waals surface area contributed by atoms with E-state index in [0.29, 0.717) is 12.5 Å². The van der Waals surface area contributed by atoms with Crippen molar-refractivity contribution >= 4 is 23.8 Å². The molecule has 2 amide bonds. The fraction of sp³-hybridized carbons (Fsp3) is 0.818. The number of carbonyl (C=O) groups excluding carboxylic acids is 1. The van der Waals surface area contributed by atoms with Gasteiger partial charge in [0, 0.05) is 6.54 Å². The number of aliphatic carboxylic acids is 1. The fourth-order valence-electron chi connectivity index (χ4n) is 1.69. The van der Waals surface area contributed by atoms with Crippen LogP contribution in [0, 0.1) is 11.8 Å². The summed E-state index contributed by atoms with van der Waals surface area (Å²) >= 11 is 1.89. The van der Waals surface area contributed by atoms with Gasteiger partial charge in [-0.25, -0.2) is 9.59 Å². The van der Waals surface area contributed by atoms with Gasteiger partial charge in [0.05, 0.1) is 0 Å². The number of rotatable bonds is 5. The summed E-state index contributed by atoms with van der Waals surface area (Å²) in [5, 5.41) is 14.1. The Kier molecular flexibility index (Phi) is 5.61. The Balaban J connectivity index is 2.29. The van der Waals surface area contributed by atoms with E-state index in [-0.39, 0.29) is 11.9 Å². The number of amides is 2. The number of urea groups is 1. The zero-order valence-corrected chi connectivity index (χ0v) is 11.0. The molecule has 17 heavy (non-hydrogen) atoms. The number of carboxylic acid groups (broad SMARTS) is 1. The minimum absolute atomic E-state index is 0.125. The second-order valence-electron chi connectivity index (χ2n) is 4.64. The molecule has 0 saturated carbocycles. The molecule has 0 aliphatic carbocycles. The molecule has 0 aromatic carbocycles. The molecule has 3 N–H and O–H groups in total. The zero-order valence-electron chi connectivity index (χ0n) is 10.2. The van der Waals surface area contributed by atoms with Gasteiger partial charge in [-0.15, -0.1) is 0 Å². The highest BCUT2D eigenvalue weighted by Gasteiger charge is 2.24. The predicted molar refractivity (Wildman–Crippen MR) is 68.2 cm³/mol. The smallest absolute Gasteiger partial charge is 0.326 e. The number of carbonyl (C=O) groups is 2. The Hall–Kier alpha value is -0.910. The van der Waals surface area contributed by atoms with E-state index < -0.39 is 12.0 Å². The van der Waals surface area contributed by atoms with E-state index in [1.807, 2.05) is 11.8 Å². The van der Waals surface area contributed by atoms with Gasteiger partial charge in [-0.05, 0) is 29.8 Å². The Labute approximate surface area is 106 Å². The minimum Gasteiger partial charge on any atom is -0.480 e. The lowest BCUT2D eigenvalue weighted by atomic mass is 10.1. The number of carboxylic acids is 1. The van der Waals surface area contributed by atoms with Gasteiger partial charge in [0.15, 0.2) is 0 Å². The molecule has 0 aromatic rings. The third-order valence-corrected chi connectivity index (χ3v) is 4.03. The van der Waals surface area contributed by atoms with Crippen molar-refractivity contribution in [2.75, 3.05) is 18.1 Å². The second-order valence-corrected chi connectivity index (χ2v) is 5.79. The van der Waals surface area contributed by atoms with Crippen LogP contribution in [0.2, 0.25) is 0 Å². The van der Waals surface area contributed by atoms with Gasteiger partial charge in [-0.1, -0.05) is 13.8 Å². The van der Waals surface area contributed by atoms with Crippen LogP contribution < -0.4 is 10.6 Å². The van der Waals surface area contributed by atoms with Crippen LogP contribution in [0.15, 0.2) is 0 Å². The summed E-state index contributed by atoms with van der Waals surface area (Å²) < 4.78 is 0. The maximum absolute atomic E-state index is 11.5. The number of hydrogen-bond acceptors (Lipinski definition) is 3. The Morgan fingerprint density at radius 3 is 2.65 bits per heavy atom.